The van der Waals surface area contributed by atoms with Gasteiger partial charge in [-0.2, -0.15) is 5.10 Å². The van der Waals surface area contributed by atoms with Crippen molar-refractivity contribution in [3.8, 4) is 11.5 Å². The maximum atomic E-state index is 11.5. The monoisotopic (exact) mass is 355 g/mol. The van der Waals surface area contributed by atoms with Crippen molar-refractivity contribution in [2.24, 2.45) is 0 Å². The van der Waals surface area contributed by atoms with Gasteiger partial charge in [0, 0.05) is 6.20 Å². The van der Waals surface area contributed by atoms with Gasteiger partial charge in [-0.1, -0.05) is 25.5 Å². The van der Waals surface area contributed by atoms with Gasteiger partial charge in [0.15, 0.2) is 5.65 Å². The number of carboxylic acid groups (broad SMARTS) is 1. The van der Waals surface area contributed by atoms with Crippen LogP contribution in [0.4, 0.5) is 0 Å². The zero-order valence-corrected chi connectivity index (χ0v) is 14.8. The van der Waals surface area contributed by atoms with Gasteiger partial charge in [-0.3, -0.25) is 0 Å². The molecule has 0 saturated carbocycles. The Morgan fingerprint density at radius 2 is 2.00 bits per heavy atom. The molecular weight excluding hydrogens is 334 g/mol. The number of unbranched alkanes of at least 4 members (excludes halogenated alkanes) is 1. The van der Waals surface area contributed by atoms with Crippen LogP contribution in [0.1, 0.15) is 35.7 Å². The van der Waals surface area contributed by atoms with Crippen LogP contribution in [0.3, 0.4) is 0 Å². The molecule has 0 amide bonds. The number of pyridine rings is 1. The van der Waals surface area contributed by atoms with Gasteiger partial charge in [0.05, 0.1) is 31.8 Å². The van der Waals surface area contributed by atoms with E-state index in [0.717, 1.165) is 24.2 Å². The summed E-state index contributed by atoms with van der Waals surface area (Å²) in [5.74, 6) is 0.0562. The minimum atomic E-state index is -1.06. The molecule has 0 saturated heterocycles. The minimum Gasteiger partial charge on any atom is -0.497 e. The Balaban J connectivity index is 1.95. The first-order valence-electron chi connectivity index (χ1n) is 8.47. The number of benzene rings is 1. The molecule has 7 heteroatoms. The third-order valence-corrected chi connectivity index (χ3v) is 4.08. The van der Waals surface area contributed by atoms with Crippen molar-refractivity contribution in [1.82, 2.24) is 14.8 Å². The summed E-state index contributed by atoms with van der Waals surface area (Å²) in [5.41, 5.74) is 1.68. The lowest BCUT2D eigenvalue weighted by molar-refractivity contribution is 0.0692. The van der Waals surface area contributed by atoms with Gasteiger partial charge < -0.3 is 14.6 Å². The second-order valence-electron chi connectivity index (χ2n) is 5.90. The first-order chi connectivity index (χ1) is 12.6. The molecule has 2 heterocycles. The predicted octanol–water partition coefficient (Wildman–Crippen LogP) is 3.37. The average Bonchev–Trinajstić information content (AvgIpc) is 3.05. The lowest BCUT2D eigenvalue weighted by Crippen LogP contribution is -2.07. The highest BCUT2D eigenvalue weighted by Gasteiger charge is 2.19. The summed E-state index contributed by atoms with van der Waals surface area (Å²) >= 11 is 0. The Bertz CT molecular complexity index is 903. The Kier molecular flexibility index (Phi) is 5.36. The molecule has 0 bridgehead atoms. The lowest BCUT2D eigenvalue weighted by Gasteiger charge is -2.10. The summed E-state index contributed by atoms with van der Waals surface area (Å²) in [5, 5.41) is 14.4. The van der Waals surface area contributed by atoms with Crippen molar-refractivity contribution in [2.45, 2.75) is 26.3 Å². The molecule has 0 aliphatic heterocycles. The van der Waals surface area contributed by atoms with Crippen molar-refractivity contribution in [1.29, 1.82) is 0 Å². The van der Waals surface area contributed by atoms with E-state index >= 15 is 0 Å². The molecule has 1 N–H and O–H groups in total. The third kappa shape index (κ3) is 3.61. The summed E-state index contributed by atoms with van der Waals surface area (Å²) in [6.07, 6.45) is 4.76. The van der Waals surface area contributed by atoms with Crippen LogP contribution in [0.25, 0.3) is 11.0 Å². The summed E-state index contributed by atoms with van der Waals surface area (Å²) in [6, 6.07) is 7.68. The SMILES string of the molecule is CCCCOc1c(C(=O)O)cnc2c1cnn2Cc1ccc(OC)cc1. The van der Waals surface area contributed by atoms with E-state index in [-0.39, 0.29) is 5.56 Å². The second kappa shape index (κ2) is 7.86. The van der Waals surface area contributed by atoms with Crippen LogP contribution in [0.15, 0.2) is 36.7 Å². The molecule has 0 aliphatic carbocycles. The number of carbonyl (C=O) groups is 1. The summed E-state index contributed by atoms with van der Waals surface area (Å²) in [7, 11) is 1.63. The lowest BCUT2D eigenvalue weighted by atomic mass is 10.2. The van der Waals surface area contributed by atoms with Crippen LogP contribution in [-0.2, 0) is 6.54 Å². The van der Waals surface area contributed by atoms with E-state index in [0.29, 0.717) is 29.9 Å². The molecule has 0 fully saturated rings. The zero-order valence-electron chi connectivity index (χ0n) is 14.8. The van der Waals surface area contributed by atoms with Crippen molar-refractivity contribution in [3.05, 3.63) is 47.8 Å². The molecule has 0 aliphatic rings. The number of fused-ring (bicyclic) bond motifs is 1. The van der Waals surface area contributed by atoms with E-state index in [1.54, 1.807) is 18.0 Å². The molecule has 26 heavy (non-hydrogen) atoms. The summed E-state index contributed by atoms with van der Waals surface area (Å²) in [6.45, 7) is 3.03. The fraction of sp³-hybridized carbons (Fsp3) is 0.316. The molecule has 0 spiro atoms. The largest absolute Gasteiger partial charge is 0.497 e. The van der Waals surface area contributed by atoms with Crippen LogP contribution >= 0.6 is 0 Å². The van der Waals surface area contributed by atoms with Crippen LogP contribution in [0.5, 0.6) is 11.5 Å². The number of hydrogen-bond donors (Lipinski definition) is 1. The van der Waals surface area contributed by atoms with Gasteiger partial charge in [-0.25, -0.2) is 14.5 Å². The average molecular weight is 355 g/mol. The molecule has 7 nitrogen and oxygen atoms in total. The number of rotatable bonds is 8. The van der Waals surface area contributed by atoms with Crippen LogP contribution in [0, 0.1) is 0 Å². The van der Waals surface area contributed by atoms with Gasteiger partial charge in [-0.15, -0.1) is 0 Å². The van der Waals surface area contributed by atoms with Crippen molar-refractivity contribution < 1.29 is 19.4 Å². The normalized spacial score (nSPS) is 10.8. The number of nitrogens with zero attached hydrogens (tertiary/aromatic N) is 3. The highest BCUT2D eigenvalue weighted by molar-refractivity contribution is 5.97. The van der Waals surface area contributed by atoms with E-state index in [1.807, 2.05) is 24.3 Å². The van der Waals surface area contributed by atoms with Crippen LogP contribution in [0.2, 0.25) is 0 Å². The van der Waals surface area contributed by atoms with E-state index in [2.05, 4.69) is 17.0 Å². The first-order valence-corrected chi connectivity index (χ1v) is 8.47. The van der Waals surface area contributed by atoms with E-state index in [9.17, 15) is 9.90 Å². The topological polar surface area (TPSA) is 86.5 Å². The van der Waals surface area contributed by atoms with Crippen molar-refractivity contribution >= 4 is 17.0 Å². The molecule has 3 rings (SSSR count). The van der Waals surface area contributed by atoms with Gasteiger partial charge >= 0.3 is 5.97 Å². The van der Waals surface area contributed by atoms with E-state index < -0.39 is 5.97 Å². The van der Waals surface area contributed by atoms with Crippen molar-refractivity contribution in [3.63, 3.8) is 0 Å². The van der Waals surface area contributed by atoms with Gasteiger partial charge in [-0.05, 0) is 24.1 Å². The molecule has 1 aromatic carbocycles. The maximum absolute atomic E-state index is 11.5. The molecule has 2 aromatic heterocycles. The smallest absolute Gasteiger partial charge is 0.341 e. The Hall–Kier alpha value is -3.09. The second-order valence-corrected chi connectivity index (χ2v) is 5.90. The predicted molar refractivity (Wildman–Crippen MR) is 97.0 cm³/mol. The number of aromatic nitrogens is 3. The van der Waals surface area contributed by atoms with E-state index in [1.165, 1.54) is 6.20 Å². The molecule has 0 atom stereocenters. The van der Waals surface area contributed by atoms with E-state index in [4.69, 9.17) is 9.47 Å². The zero-order chi connectivity index (χ0) is 18.5. The van der Waals surface area contributed by atoms with Gasteiger partial charge in [0.25, 0.3) is 0 Å². The number of ether oxygens (including phenoxy) is 2. The molecular formula is C19H21N3O4. The minimum absolute atomic E-state index is 0.0533. The fourth-order valence-electron chi connectivity index (χ4n) is 2.65. The third-order valence-electron chi connectivity index (χ3n) is 4.08. The summed E-state index contributed by atoms with van der Waals surface area (Å²) in [4.78, 5) is 15.8. The summed E-state index contributed by atoms with van der Waals surface area (Å²) < 4.78 is 12.7. The number of methoxy groups -OCH3 is 1. The quantitative estimate of drug-likeness (QED) is 0.624. The van der Waals surface area contributed by atoms with Crippen molar-refractivity contribution in [2.75, 3.05) is 13.7 Å². The van der Waals surface area contributed by atoms with Gasteiger partial charge in [0.1, 0.15) is 17.1 Å². The number of hydrogen-bond acceptors (Lipinski definition) is 5. The highest BCUT2D eigenvalue weighted by Crippen LogP contribution is 2.29. The first kappa shape index (κ1) is 17.7. The highest BCUT2D eigenvalue weighted by atomic mass is 16.5. The Morgan fingerprint density at radius 1 is 1.23 bits per heavy atom. The number of carboxylic acids is 1. The Morgan fingerprint density at radius 3 is 2.65 bits per heavy atom. The Labute approximate surface area is 151 Å². The molecule has 0 radical (unpaired) electrons. The fourth-order valence-corrected chi connectivity index (χ4v) is 2.65. The van der Waals surface area contributed by atoms with Crippen LogP contribution < -0.4 is 9.47 Å². The molecule has 0 unspecified atom stereocenters. The standard InChI is InChI=1S/C19H21N3O4/c1-3-4-9-26-17-15-11-21-22(18(15)20-10-16(17)19(23)24)12-13-5-7-14(25-2)8-6-13/h5-8,10-11H,3-4,9,12H2,1-2H3,(H,23,24). The van der Waals surface area contributed by atoms with Crippen LogP contribution in [-0.4, -0.2) is 39.6 Å². The molecule has 3 aromatic rings. The maximum Gasteiger partial charge on any atom is 0.341 e. The number of aromatic carboxylic acids is 1. The molecule has 136 valence electrons. The van der Waals surface area contributed by atoms with Gasteiger partial charge in [0.2, 0.25) is 0 Å².